The van der Waals surface area contributed by atoms with Gasteiger partial charge in [0.05, 0.1) is 22.9 Å². The number of hydrogen-bond acceptors (Lipinski definition) is 8. The quantitative estimate of drug-likeness (QED) is 0.281. The van der Waals surface area contributed by atoms with Gasteiger partial charge < -0.3 is 25.2 Å². The van der Waals surface area contributed by atoms with Crippen LogP contribution >= 0.6 is 0 Å². The summed E-state index contributed by atoms with van der Waals surface area (Å²) < 4.78 is 27.1. The van der Waals surface area contributed by atoms with E-state index in [2.05, 4.69) is 20.8 Å². The number of aromatic nitrogens is 2. The zero-order valence-corrected chi connectivity index (χ0v) is 19.6. The van der Waals surface area contributed by atoms with Gasteiger partial charge in [0.2, 0.25) is 10.0 Å². The Kier molecular flexibility index (Phi) is 9.06. The summed E-state index contributed by atoms with van der Waals surface area (Å²) in [7, 11) is 0.0570. The van der Waals surface area contributed by atoms with E-state index in [0.29, 0.717) is 46.4 Å². The first-order chi connectivity index (χ1) is 16.4. The van der Waals surface area contributed by atoms with Crippen LogP contribution in [0.4, 0.5) is 0 Å². The van der Waals surface area contributed by atoms with E-state index in [9.17, 15) is 23.1 Å². The maximum atomic E-state index is 12.3. The average molecular weight is 502 g/mol. The summed E-state index contributed by atoms with van der Waals surface area (Å²) in [5.41, 5.74) is 1.94. The molecule has 1 aromatic carbocycles. The molecule has 184 valence electrons. The molecule has 13 heteroatoms. The number of carboxylic acid groups (broad SMARTS) is 2. The highest BCUT2D eigenvalue weighted by Gasteiger charge is 2.18. The lowest BCUT2D eigenvalue weighted by molar-refractivity contribution is -0.134. The van der Waals surface area contributed by atoms with Gasteiger partial charge in [-0.25, -0.2) is 22.7 Å². The number of aromatic hydroxyl groups is 1. The maximum absolute atomic E-state index is 12.3. The molecule has 0 aliphatic carbocycles. The van der Waals surface area contributed by atoms with Crippen molar-refractivity contribution in [2.45, 2.75) is 4.90 Å². The van der Waals surface area contributed by atoms with E-state index in [1.54, 1.807) is 18.2 Å². The molecule has 0 bridgehead atoms. The van der Waals surface area contributed by atoms with Crippen molar-refractivity contribution in [1.29, 1.82) is 5.26 Å². The number of pyridine rings is 1. The number of rotatable bonds is 8. The number of fused-ring (bicyclic) bond motifs is 1. The minimum absolute atomic E-state index is 0.0436. The Hall–Kier alpha value is -4.25. The molecule has 3 aromatic rings. The van der Waals surface area contributed by atoms with Crippen molar-refractivity contribution in [3.8, 4) is 23.2 Å². The van der Waals surface area contributed by atoms with Crippen molar-refractivity contribution >= 4 is 32.9 Å². The number of benzene rings is 1. The zero-order chi connectivity index (χ0) is 26.2. The number of nitrogens with one attached hydrogen (secondary N) is 2. The number of carbonyl (C=O) groups is 2. The molecule has 0 spiro atoms. The van der Waals surface area contributed by atoms with Gasteiger partial charge in [-0.2, -0.15) is 5.26 Å². The number of likely N-dealkylation sites (N-methyl/N-ethyl adjacent to an activating group) is 1. The second-order valence-electron chi connectivity index (χ2n) is 7.31. The van der Waals surface area contributed by atoms with Crippen molar-refractivity contribution in [3.63, 3.8) is 0 Å². The van der Waals surface area contributed by atoms with Crippen LogP contribution in [-0.2, 0) is 19.6 Å². The standard InChI is InChI=1S/C18H19N5O3S.C4H4O4/c1-23(2)8-7-21-27(25,26)13-4-6-16(20-11-13)17-14-9-12(10-19)3-5-15(14)22-18(17)24;5-3(6)1-2-4(7)8/h3-6,9,11,21-22,24H,7-8H2,1-2H3;1-2H,(H,5,6)(H,7,8)/b;2-1+. The molecule has 5 N–H and O–H groups in total. The molecular formula is C22H23N5O7S. The molecular weight excluding hydrogens is 478 g/mol. The Labute approximate surface area is 200 Å². The van der Waals surface area contributed by atoms with E-state index >= 15 is 0 Å². The van der Waals surface area contributed by atoms with Crippen molar-refractivity contribution in [2.24, 2.45) is 0 Å². The molecule has 0 aliphatic rings. The van der Waals surface area contributed by atoms with Crippen LogP contribution in [0.5, 0.6) is 5.88 Å². The van der Waals surface area contributed by atoms with E-state index in [1.807, 2.05) is 19.0 Å². The Bertz CT molecular complexity index is 1370. The number of hydrogen-bond donors (Lipinski definition) is 5. The van der Waals surface area contributed by atoms with E-state index < -0.39 is 22.0 Å². The maximum Gasteiger partial charge on any atom is 0.328 e. The first-order valence-corrected chi connectivity index (χ1v) is 11.4. The van der Waals surface area contributed by atoms with Crippen molar-refractivity contribution in [2.75, 3.05) is 27.2 Å². The lowest BCUT2D eigenvalue weighted by atomic mass is 10.1. The van der Waals surface area contributed by atoms with Gasteiger partial charge in [-0.1, -0.05) is 0 Å². The molecule has 0 saturated heterocycles. The van der Waals surface area contributed by atoms with Crippen LogP contribution in [-0.4, -0.2) is 77.7 Å². The van der Waals surface area contributed by atoms with Gasteiger partial charge in [0.15, 0.2) is 5.88 Å². The van der Waals surface area contributed by atoms with Gasteiger partial charge in [-0.3, -0.25) is 4.98 Å². The summed E-state index contributed by atoms with van der Waals surface area (Å²) >= 11 is 0. The van der Waals surface area contributed by atoms with Gasteiger partial charge in [0.1, 0.15) is 4.90 Å². The molecule has 2 aromatic heterocycles. The molecule has 0 atom stereocenters. The number of nitriles is 1. The van der Waals surface area contributed by atoms with E-state index in [1.165, 1.54) is 18.3 Å². The fraction of sp³-hybridized carbons (Fsp3) is 0.182. The lowest BCUT2D eigenvalue weighted by Crippen LogP contribution is -2.31. The third-order valence-corrected chi connectivity index (χ3v) is 5.88. The fourth-order valence-corrected chi connectivity index (χ4v) is 3.79. The van der Waals surface area contributed by atoms with Crippen molar-refractivity contribution < 1.29 is 33.3 Å². The first-order valence-electron chi connectivity index (χ1n) is 9.94. The third kappa shape index (κ3) is 7.64. The monoisotopic (exact) mass is 501 g/mol. The van der Waals surface area contributed by atoms with Gasteiger partial charge >= 0.3 is 11.9 Å². The summed E-state index contributed by atoms with van der Waals surface area (Å²) in [4.78, 5) is 28.1. The smallest absolute Gasteiger partial charge is 0.328 e. The third-order valence-electron chi connectivity index (χ3n) is 4.43. The van der Waals surface area contributed by atoms with Crippen LogP contribution in [0, 0.1) is 11.3 Å². The van der Waals surface area contributed by atoms with Crippen LogP contribution in [0.25, 0.3) is 22.2 Å². The summed E-state index contributed by atoms with van der Waals surface area (Å²) in [5.74, 6) is -2.60. The SMILES string of the molecule is CN(C)CCNS(=O)(=O)c1ccc(-c2c(O)[nH]c3ccc(C#N)cc23)nc1.O=C(O)/C=C/C(=O)O. The second-order valence-corrected chi connectivity index (χ2v) is 9.08. The summed E-state index contributed by atoms with van der Waals surface area (Å²) in [6.07, 6.45) is 2.37. The zero-order valence-electron chi connectivity index (χ0n) is 18.8. The number of aliphatic carboxylic acids is 2. The lowest BCUT2D eigenvalue weighted by Gasteiger charge is -2.11. The van der Waals surface area contributed by atoms with E-state index in [4.69, 9.17) is 15.5 Å². The summed E-state index contributed by atoms with van der Waals surface area (Å²) in [6.45, 7) is 0.867. The predicted molar refractivity (Wildman–Crippen MR) is 126 cm³/mol. The first kappa shape index (κ1) is 27.0. The Morgan fingerprint density at radius 3 is 2.34 bits per heavy atom. The van der Waals surface area contributed by atoms with Gasteiger partial charge in [0, 0.05) is 42.3 Å². The molecule has 0 unspecified atom stereocenters. The Balaban J connectivity index is 0.000000466. The minimum atomic E-state index is -3.66. The normalized spacial score (nSPS) is 11.3. The second kappa shape index (κ2) is 11.7. The minimum Gasteiger partial charge on any atom is -0.494 e. The molecule has 0 amide bonds. The highest BCUT2D eigenvalue weighted by Crippen LogP contribution is 2.36. The molecule has 35 heavy (non-hydrogen) atoms. The van der Waals surface area contributed by atoms with Crippen molar-refractivity contribution in [1.82, 2.24) is 19.6 Å². The van der Waals surface area contributed by atoms with Gasteiger partial charge in [0.25, 0.3) is 0 Å². The van der Waals surface area contributed by atoms with E-state index in [-0.39, 0.29) is 17.3 Å². The van der Waals surface area contributed by atoms with Gasteiger partial charge in [-0.15, -0.1) is 0 Å². The topological polar surface area (TPSA) is 197 Å². The average Bonchev–Trinajstić information content (AvgIpc) is 3.12. The number of sulfonamides is 1. The highest BCUT2D eigenvalue weighted by atomic mass is 32.2. The molecule has 0 aliphatic heterocycles. The predicted octanol–water partition coefficient (Wildman–Crippen LogP) is 1.36. The summed E-state index contributed by atoms with van der Waals surface area (Å²) in [6, 6.07) is 10.0. The largest absolute Gasteiger partial charge is 0.494 e. The number of aromatic amines is 1. The Morgan fingerprint density at radius 2 is 1.83 bits per heavy atom. The van der Waals surface area contributed by atoms with Crippen molar-refractivity contribution in [3.05, 3.63) is 54.2 Å². The van der Waals surface area contributed by atoms with Gasteiger partial charge in [-0.05, 0) is 44.4 Å². The van der Waals surface area contributed by atoms with E-state index in [0.717, 1.165) is 0 Å². The number of nitrogens with zero attached hydrogens (tertiary/aromatic N) is 3. The molecule has 0 saturated carbocycles. The highest BCUT2D eigenvalue weighted by molar-refractivity contribution is 7.89. The number of carboxylic acids is 2. The number of H-pyrrole nitrogens is 1. The fourth-order valence-electron chi connectivity index (χ4n) is 2.82. The van der Waals surface area contributed by atoms with Crippen LogP contribution in [0.15, 0.2) is 53.6 Å². The molecule has 0 fully saturated rings. The molecule has 2 heterocycles. The van der Waals surface area contributed by atoms with Crippen LogP contribution in [0.1, 0.15) is 5.56 Å². The Morgan fingerprint density at radius 1 is 1.17 bits per heavy atom. The van der Waals surface area contributed by atoms with Crippen LogP contribution in [0.2, 0.25) is 0 Å². The van der Waals surface area contributed by atoms with Crippen LogP contribution < -0.4 is 4.72 Å². The molecule has 12 nitrogen and oxygen atoms in total. The molecule has 0 radical (unpaired) electrons. The molecule has 3 rings (SSSR count). The van der Waals surface area contributed by atoms with Crippen LogP contribution in [0.3, 0.4) is 0 Å². The summed E-state index contributed by atoms with van der Waals surface area (Å²) in [5, 5.41) is 35.6.